The van der Waals surface area contributed by atoms with E-state index < -0.39 is 26.8 Å². The van der Waals surface area contributed by atoms with E-state index in [4.69, 9.17) is 0 Å². The number of hydrogen-bond donors (Lipinski definition) is 0. The van der Waals surface area contributed by atoms with Crippen molar-refractivity contribution in [3.8, 4) is 16.9 Å². The van der Waals surface area contributed by atoms with E-state index in [-0.39, 0.29) is 16.5 Å². The first-order valence-electron chi connectivity index (χ1n) is 8.12. The minimum Gasteiger partial charge on any atom is -0.375 e. The van der Waals surface area contributed by atoms with Crippen LogP contribution < -0.4 is 9.61 Å². The van der Waals surface area contributed by atoms with E-state index in [1.165, 1.54) is 0 Å². The predicted molar refractivity (Wildman–Crippen MR) is 99.7 cm³/mol. The molecule has 0 amide bonds. The zero-order chi connectivity index (χ0) is 20.9. The van der Waals surface area contributed by atoms with Gasteiger partial charge in [-0.15, -0.1) is 0 Å². The number of aryl methyl sites for hydroxylation is 3. The smallest absolute Gasteiger partial charge is 0.375 e. The highest BCUT2D eigenvalue weighted by atomic mass is 32.2. The van der Waals surface area contributed by atoms with Crippen LogP contribution in [-0.4, -0.2) is 18.5 Å². The summed E-state index contributed by atoms with van der Waals surface area (Å²) in [6, 6.07) is 9.67. The molecule has 0 atom stereocenters. The van der Waals surface area contributed by atoms with Crippen LogP contribution in [0.15, 0.2) is 47.4 Å². The van der Waals surface area contributed by atoms with Crippen molar-refractivity contribution in [2.24, 2.45) is 7.05 Å². The van der Waals surface area contributed by atoms with Crippen LogP contribution in [0.4, 0.5) is 13.2 Å². The molecule has 0 saturated heterocycles. The summed E-state index contributed by atoms with van der Waals surface area (Å²) in [7, 11) is -4.31. The maximum Gasteiger partial charge on any atom is 0.534 e. The van der Waals surface area contributed by atoms with Gasteiger partial charge >= 0.3 is 15.6 Å². The van der Waals surface area contributed by atoms with E-state index >= 15 is 0 Å². The zero-order valence-corrected chi connectivity index (χ0v) is 16.0. The van der Waals surface area contributed by atoms with Crippen LogP contribution in [0.1, 0.15) is 11.1 Å². The Hall–Kier alpha value is -2.81. The number of alkyl halides is 3. The van der Waals surface area contributed by atoms with Gasteiger partial charge < -0.3 is 8.75 Å². The van der Waals surface area contributed by atoms with Crippen molar-refractivity contribution in [2.45, 2.75) is 19.4 Å². The fraction of sp³-hybridized carbons (Fsp3) is 0.211. The van der Waals surface area contributed by atoms with Gasteiger partial charge in [-0.3, -0.25) is 4.79 Å². The minimum absolute atomic E-state index is 0.216. The van der Waals surface area contributed by atoms with Crippen molar-refractivity contribution in [1.29, 1.82) is 0 Å². The molecule has 1 heterocycles. The Morgan fingerprint density at radius 1 is 1.00 bits per heavy atom. The number of nitrogens with zero attached hydrogens (tertiary/aromatic N) is 1. The van der Waals surface area contributed by atoms with Gasteiger partial charge in [-0.2, -0.15) is 21.6 Å². The highest BCUT2D eigenvalue weighted by Gasteiger charge is 2.48. The molecular formula is C19H16F3NO4S. The lowest BCUT2D eigenvalue weighted by atomic mass is 10.0. The van der Waals surface area contributed by atoms with Gasteiger partial charge in [-0.05, 0) is 37.1 Å². The van der Waals surface area contributed by atoms with Crippen molar-refractivity contribution in [2.75, 3.05) is 0 Å². The van der Waals surface area contributed by atoms with Crippen LogP contribution in [0, 0.1) is 13.8 Å². The summed E-state index contributed by atoms with van der Waals surface area (Å²) >= 11 is 0. The molecule has 0 saturated carbocycles. The number of hydrogen-bond acceptors (Lipinski definition) is 4. The molecule has 2 aromatic carbocycles. The molecular weight excluding hydrogens is 395 g/mol. The molecule has 28 heavy (non-hydrogen) atoms. The van der Waals surface area contributed by atoms with Crippen molar-refractivity contribution in [3.63, 3.8) is 0 Å². The van der Waals surface area contributed by atoms with E-state index in [1.807, 2.05) is 6.92 Å². The second-order valence-corrected chi connectivity index (χ2v) is 8.03. The maximum absolute atomic E-state index is 13.1. The molecule has 0 radical (unpaired) electrons. The largest absolute Gasteiger partial charge is 0.534 e. The Labute approximate surface area is 159 Å². The first-order chi connectivity index (χ1) is 12.9. The summed E-state index contributed by atoms with van der Waals surface area (Å²) in [6.45, 7) is 3.43. The molecule has 3 aromatic rings. The second kappa shape index (κ2) is 6.66. The van der Waals surface area contributed by atoms with Crippen LogP contribution >= 0.6 is 0 Å². The average molecular weight is 411 g/mol. The molecule has 0 aliphatic heterocycles. The molecule has 0 unspecified atom stereocenters. The van der Waals surface area contributed by atoms with Crippen molar-refractivity contribution < 1.29 is 25.8 Å². The second-order valence-electron chi connectivity index (χ2n) is 6.49. The third-order valence-electron chi connectivity index (χ3n) is 4.25. The Morgan fingerprint density at radius 2 is 1.61 bits per heavy atom. The summed E-state index contributed by atoms with van der Waals surface area (Å²) < 4.78 is 67.3. The molecule has 0 bridgehead atoms. The van der Waals surface area contributed by atoms with Crippen molar-refractivity contribution in [1.82, 2.24) is 4.57 Å². The van der Waals surface area contributed by atoms with Crippen molar-refractivity contribution >= 4 is 21.0 Å². The first kappa shape index (κ1) is 19.9. The molecule has 0 fully saturated rings. The fourth-order valence-corrected chi connectivity index (χ4v) is 3.33. The summed E-state index contributed by atoms with van der Waals surface area (Å²) in [5, 5.41) is -0.237. The number of fused-ring (bicyclic) bond motifs is 1. The molecule has 1 aromatic heterocycles. The standard InChI is InChI=1S/C19H16F3NO4S/c1-11-4-6-13(7-5-11)14-10-23(3)15-8-12(2)9-16(17(15)18(14)24)27-28(25,26)19(20,21)22/h4-10H,1-3H3. The molecule has 9 heteroatoms. The third-order valence-corrected chi connectivity index (χ3v) is 5.21. The quantitative estimate of drug-likeness (QED) is 0.482. The van der Waals surface area contributed by atoms with E-state index in [1.54, 1.807) is 55.1 Å². The van der Waals surface area contributed by atoms with Crippen LogP contribution in [-0.2, 0) is 17.2 Å². The molecule has 148 valence electrons. The van der Waals surface area contributed by atoms with Gasteiger partial charge in [-0.1, -0.05) is 29.8 Å². The van der Waals surface area contributed by atoms with Crippen LogP contribution in [0.5, 0.6) is 5.75 Å². The van der Waals surface area contributed by atoms with Gasteiger partial charge in [-0.25, -0.2) is 0 Å². The van der Waals surface area contributed by atoms with E-state index in [0.29, 0.717) is 11.1 Å². The molecule has 0 spiro atoms. The molecule has 0 aliphatic carbocycles. The molecule has 5 nitrogen and oxygen atoms in total. The summed E-state index contributed by atoms with van der Waals surface area (Å²) in [4.78, 5) is 13.1. The Kier molecular flexibility index (Phi) is 4.74. The zero-order valence-electron chi connectivity index (χ0n) is 15.2. The number of benzene rings is 2. The van der Waals surface area contributed by atoms with Crippen LogP contribution in [0.2, 0.25) is 0 Å². The lowest BCUT2D eigenvalue weighted by Gasteiger charge is -2.15. The topological polar surface area (TPSA) is 65.4 Å². The monoisotopic (exact) mass is 411 g/mol. The Balaban J connectivity index is 2.34. The SMILES string of the molecule is Cc1ccc(-c2cn(C)c3cc(C)cc(OS(=O)(=O)C(F)(F)F)c3c2=O)cc1. The highest BCUT2D eigenvalue weighted by molar-refractivity contribution is 7.88. The summed E-state index contributed by atoms with van der Waals surface area (Å²) in [5.41, 5.74) is -3.79. The number of halogens is 3. The number of rotatable bonds is 3. The maximum atomic E-state index is 13.1. The molecule has 0 N–H and O–H groups in total. The lowest BCUT2D eigenvalue weighted by molar-refractivity contribution is -0.0499. The van der Waals surface area contributed by atoms with E-state index in [2.05, 4.69) is 4.18 Å². The van der Waals surface area contributed by atoms with Gasteiger partial charge in [0.15, 0.2) is 5.75 Å². The van der Waals surface area contributed by atoms with E-state index in [9.17, 15) is 26.4 Å². The van der Waals surface area contributed by atoms with Gasteiger partial charge in [0, 0.05) is 18.8 Å². The summed E-state index contributed by atoms with van der Waals surface area (Å²) in [6.07, 6.45) is 1.55. The lowest BCUT2D eigenvalue weighted by Crippen LogP contribution is -2.28. The number of aromatic nitrogens is 1. The van der Waals surface area contributed by atoms with Crippen LogP contribution in [0.25, 0.3) is 22.0 Å². The van der Waals surface area contributed by atoms with Gasteiger partial charge in [0.2, 0.25) is 5.43 Å². The Bertz CT molecular complexity index is 1230. The molecule has 0 aliphatic rings. The molecule has 3 rings (SSSR count). The number of pyridine rings is 1. The first-order valence-corrected chi connectivity index (χ1v) is 9.53. The van der Waals surface area contributed by atoms with Gasteiger partial charge in [0.25, 0.3) is 0 Å². The van der Waals surface area contributed by atoms with Gasteiger partial charge in [0.05, 0.1) is 10.9 Å². The predicted octanol–water partition coefficient (Wildman–Crippen LogP) is 4.05. The van der Waals surface area contributed by atoms with Gasteiger partial charge in [0.1, 0.15) is 0 Å². The fourth-order valence-electron chi connectivity index (χ4n) is 2.87. The average Bonchev–Trinajstić information content (AvgIpc) is 2.57. The van der Waals surface area contributed by atoms with E-state index in [0.717, 1.165) is 11.6 Å². The van der Waals surface area contributed by atoms with Crippen LogP contribution in [0.3, 0.4) is 0 Å². The van der Waals surface area contributed by atoms with Crippen molar-refractivity contribution in [3.05, 3.63) is 63.9 Å². The highest BCUT2D eigenvalue weighted by Crippen LogP contribution is 2.32. The third kappa shape index (κ3) is 3.49. The minimum atomic E-state index is -5.92. The Morgan fingerprint density at radius 3 is 2.18 bits per heavy atom. The normalized spacial score (nSPS) is 12.4. The summed E-state index contributed by atoms with van der Waals surface area (Å²) in [5.74, 6) is -0.651.